The van der Waals surface area contributed by atoms with E-state index in [0.717, 1.165) is 11.1 Å². The number of aliphatic imine (C=N–C) groups is 1. The van der Waals surface area contributed by atoms with Crippen LogP contribution in [0.3, 0.4) is 0 Å². The van der Waals surface area contributed by atoms with Crippen molar-refractivity contribution in [3.63, 3.8) is 0 Å². The lowest BCUT2D eigenvalue weighted by Crippen LogP contribution is -2.09. The van der Waals surface area contributed by atoms with Crippen LogP contribution in [-0.2, 0) is 18.0 Å². The van der Waals surface area contributed by atoms with E-state index in [2.05, 4.69) is 4.99 Å². The van der Waals surface area contributed by atoms with E-state index in [0.29, 0.717) is 36.0 Å². The molecule has 0 aliphatic rings. The van der Waals surface area contributed by atoms with E-state index in [1.807, 2.05) is 74.8 Å². The monoisotopic (exact) mass is 418 g/mol. The minimum Gasteiger partial charge on any atom is -0.485 e. The number of hydrogen-bond acceptors (Lipinski definition) is 5. The average Bonchev–Trinajstić information content (AvgIpc) is 2.81. The minimum atomic E-state index is -0.495. The molecule has 0 bridgehead atoms. The molecule has 3 rings (SSSR count). The van der Waals surface area contributed by atoms with Gasteiger partial charge in [-0.05, 0) is 11.1 Å². The molecule has 0 radical (unpaired) electrons. The van der Waals surface area contributed by atoms with Gasteiger partial charge < -0.3 is 19.1 Å². The molecule has 3 aromatic rings. The third-order valence-electron chi connectivity index (χ3n) is 4.37. The number of nitrogens with zero attached hydrogens (tertiary/aromatic N) is 2. The third-order valence-corrected chi connectivity index (χ3v) is 4.37. The fourth-order valence-corrected chi connectivity index (χ4v) is 2.80. The van der Waals surface area contributed by atoms with Crippen molar-refractivity contribution < 1.29 is 19.0 Å². The number of rotatable bonds is 9. The van der Waals surface area contributed by atoms with E-state index in [4.69, 9.17) is 14.2 Å². The van der Waals surface area contributed by atoms with Crippen molar-refractivity contribution >= 4 is 18.0 Å². The molecule has 0 atom stereocenters. The van der Waals surface area contributed by atoms with Crippen LogP contribution in [0.25, 0.3) is 0 Å². The summed E-state index contributed by atoms with van der Waals surface area (Å²) in [7, 11) is 5.04. The summed E-state index contributed by atoms with van der Waals surface area (Å²) in [6.45, 7) is 0.695. The molecule has 0 aromatic heterocycles. The lowest BCUT2D eigenvalue weighted by atomic mass is 10.1. The second-order valence-electron chi connectivity index (χ2n) is 7.06. The van der Waals surface area contributed by atoms with Gasteiger partial charge in [0.25, 0.3) is 0 Å². The molecule has 0 spiro atoms. The topological polar surface area (TPSA) is 60.4 Å². The van der Waals surface area contributed by atoms with Crippen LogP contribution in [0.1, 0.15) is 21.5 Å². The molecule has 31 heavy (non-hydrogen) atoms. The molecule has 0 heterocycles. The predicted octanol–water partition coefficient (Wildman–Crippen LogP) is 4.85. The Kier molecular flexibility index (Phi) is 7.65. The van der Waals surface area contributed by atoms with Crippen molar-refractivity contribution in [3.8, 4) is 11.5 Å². The number of methoxy groups -OCH3 is 1. The van der Waals surface area contributed by atoms with Crippen LogP contribution in [-0.4, -0.2) is 38.4 Å². The van der Waals surface area contributed by atoms with E-state index in [1.165, 1.54) is 7.11 Å². The molecule has 160 valence electrons. The first kappa shape index (κ1) is 21.9. The Morgan fingerprint density at radius 2 is 1.39 bits per heavy atom. The highest BCUT2D eigenvalue weighted by Gasteiger charge is 2.18. The molecule has 0 amide bonds. The summed E-state index contributed by atoms with van der Waals surface area (Å²) >= 11 is 0. The number of carbonyl (C=O) groups excluding carboxylic acids is 1. The highest BCUT2D eigenvalue weighted by molar-refractivity contribution is 5.96. The van der Waals surface area contributed by atoms with Gasteiger partial charge in [0.15, 0.2) is 11.5 Å². The second-order valence-corrected chi connectivity index (χ2v) is 7.06. The van der Waals surface area contributed by atoms with E-state index in [1.54, 1.807) is 23.4 Å². The van der Waals surface area contributed by atoms with Crippen molar-refractivity contribution in [1.82, 2.24) is 4.90 Å². The zero-order chi connectivity index (χ0) is 22.1. The maximum absolute atomic E-state index is 12.4. The fraction of sp³-hybridized carbons (Fsp3) is 0.200. The Labute approximate surface area is 182 Å². The van der Waals surface area contributed by atoms with E-state index >= 15 is 0 Å². The van der Waals surface area contributed by atoms with E-state index in [9.17, 15) is 4.79 Å². The lowest BCUT2D eigenvalue weighted by Gasteiger charge is -2.16. The Morgan fingerprint density at radius 1 is 0.871 bits per heavy atom. The molecule has 3 aromatic carbocycles. The molecule has 0 aliphatic heterocycles. The smallest absolute Gasteiger partial charge is 0.340 e. The van der Waals surface area contributed by atoms with Gasteiger partial charge in [-0.15, -0.1) is 0 Å². The minimum absolute atomic E-state index is 0.302. The Balaban J connectivity index is 1.95. The molecule has 0 fully saturated rings. The summed E-state index contributed by atoms with van der Waals surface area (Å²) in [6.07, 6.45) is 1.62. The van der Waals surface area contributed by atoms with Gasteiger partial charge in [0.05, 0.1) is 24.7 Å². The Bertz CT molecular complexity index is 1020. The molecule has 0 unspecified atom stereocenters. The van der Waals surface area contributed by atoms with Crippen molar-refractivity contribution in [2.75, 3.05) is 21.2 Å². The maximum Gasteiger partial charge on any atom is 0.340 e. The van der Waals surface area contributed by atoms with Crippen LogP contribution in [0.5, 0.6) is 11.5 Å². The van der Waals surface area contributed by atoms with Gasteiger partial charge in [-0.1, -0.05) is 60.7 Å². The van der Waals surface area contributed by atoms with Crippen LogP contribution in [0.2, 0.25) is 0 Å². The SMILES string of the molecule is COC(=O)c1cc(OCc2ccccc2)c(OCc2ccccc2)cc1N=CN(C)C. The standard InChI is InChI=1S/C25H26N2O4/c1-27(2)18-26-22-15-24(31-17-20-12-8-5-9-13-20)23(14-21(22)25(28)29-3)30-16-19-10-6-4-7-11-19/h4-15,18H,16-17H2,1-3H3. The van der Waals surface area contributed by atoms with Crippen LogP contribution >= 0.6 is 0 Å². The first-order valence-electron chi connectivity index (χ1n) is 9.87. The molecular formula is C25H26N2O4. The van der Waals surface area contributed by atoms with Crippen LogP contribution in [0.15, 0.2) is 77.8 Å². The summed E-state index contributed by atoms with van der Waals surface area (Å²) in [6, 6.07) is 23.0. The van der Waals surface area contributed by atoms with Crippen molar-refractivity contribution in [1.29, 1.82) is 0 Å². The van der Waals surface area contributed by atoms with Gasteiger partial charge in [0.2, 0.25) is 0 Å². The van der Waals surface area contributed by atoms with Gasteiger partial charge in [-0.3, -0.25) is 0 Å². The summed E-state index contributed by atoms with van der Waals surface area (Å²) in [5.74, 6) is 0.451. The molecule has 0 N–H and O–H groups in total. The van der Waals surface area contributed by atoms with Crippen molar-refractivity contribution in [2.45, 2.75) is 13.2 Å². The molecule has 6 heteroatoms. The summed E-state index contributed by atoms with van der Waals surface area (Å²) in [4.78, 5) is 18.6. The number of benzene rings is 3. The quantitative estimate of drug-likeness (QED) is 0.282. The largest absolute Gasteiger partial charge is 0.485 e. The molecule has 6 nitrogen and oxygen atoms in total. The zero-order valence-electron chi connectivity index (χ0n) is 17.9. The number of hydrogen-bond donors (Lipinski definition) is 0. The van der Waals surface area contributed by atoms with Crippen molar-refractivity contribution in [2.24, 2.45) is 4.99 Å². The van der Waals surface area contributed by atoms with Gasteiger partial charge in [0.1, 0.15) is 13.2 Å². The highest BCUT2D eigenvalue weighted by atomic mass is 16.5. The molecule has 0 saturated carbocycles. The molecule has 0 saturated heterocycles. The first-order valence-corrected chi connectivity index (χ1v) is 9.87. The third kappa shape index (κ3) is 6.34. The Morgan fingerprint density at radius 3 is 1.87 bits per heavy atom. The molecular weight excluding hydrogens is 392 g/mol. The number of carbonyl (C=O) groups is 1. The predicted molar refractivity (Wildman–Crippen MR) is 121 cm³/mol. The van der Waals surface area contributed by atoms with Gasteiger partial charge in [-0.25, -0.2) is 9.79 Å². The number of ether oxygens (including phenoxy) is 3. The summed E-state index contributed by atoms with van der Waals surface area (Å²) in [5.41, 5.74) is 2.77. The van der Waals surface area contributed by atoms with Gasteiger partial charge in [-0.2, -0.15) is 0 Å². The van der Waals surface area contributed by atoms with Crippen LogP contribution in [0, 0.1) is 0 Å². The fourth-order valence-electron chi connectivity index (χ4n) is 2.80. The average molecular weight is 418 g/mol. The van der Waals surface area contributed by atoms with Crippen LogP contribution < -0.4 is 9.47 Å². The highest BCUT2D eigenvalue weighted by Crippen LogP contribution is 2.36. The number of esters is 1. The molecule has 0 aliphatic carbocycles. The zero-order valence-corrected chi connectivity index (χ0v) is 17.9. The van der Waals surface area contributed by atoms with Gasteiger partial charge >= 0.3 is 5.97 Å². The lowest BCUT2D eigenvalue weighted by molar-refractivity contribution is 0.0601. The summed E-state index contributed by atoms with van der Waals surface area (Å²) < 4.78 is 17.0. The van der Waals surface area contributed by atoms with Gasteiger partial charge in [0, 0.05) is 26.2 Å². The normalized spacial score (nSPS) is 10.7. The van der Waals surface area contributed by atoms with E-state index < -0.39 is 5.97 Å². The maximum atomic E-state index is 12.4. The van der Waals surface area contributed by atoms with Crippen molar-refractivity contribution in [3.05, 3.63) is 89.5 Å². The van der Waals surface area contributed by atoms with Crippen LogP contribution in [0.4, 0.5) is 5.69 Å². The van der Waals surface area contributed by atoms with E-state index in [-0.39, 0.29) is 0 Å². The summed E-state index contributed by atoms with van der Waals surface area (Å²) in [5, 5.41) is 0. The first-order chi connectivity index (χ1) is 15.1. The second kappa shape index (κ2) is 10.8. The Hall–Kier alpha value is -3.80.